The summed E-state index contributed by atoms with van der Waals surface area (Å²) in [5, 5.41) is 11.1. The summed E-state index contributed by atoms with van der Waals surface area (Å²) in [5.41, 5.74) is 6.42. The molecule has 12 rings (SSSR count). The molecule has 0 bridgehead atoms. The lowest BCUT2D eigenvalue weighted by atomic mass is 9.81. The predicted octanol–water partition coefficient (Wildman–Crippen LogP) is 16.8. The Bertz CT molecular complexity index is 4080. The second-order valence-corrected chi connectivity index (χ2v) is 17.2. The topological polar surface area (TPSA) is 71.1 Å². The zero-order chi connectivity index (χ0) is 47.3. The van der Waals surface area contributed by atoms with Gasteiger partial charge in [-0.15, -0.1) is 0 Å². The highest BCUT2D eigenvalue weighted by molar-refractivity contribution is 6.22. The first kappa shape index (κ1) is 42.1. The van der Waals surface area contributed by atoms with Crippen LogP contribution in [0.15, 0.2) is 218 Å². The zero-order valence-corrected chi connectivity index (χ0v) is 38.2. The third-order valence-corrected chi connectivity index (χ3v) is 13.4. The minimum Gasteiger partial charge on any atom is -0.465 e. The summed E-state index contributed by atoms with van der Waals surface area (Å²) >= 11 is 0. The third kappa shape index (κ3) is 6.96. The van der Waals surface area contributed by atoms with Gasteiger partial charge in [0, 0.05) is 33.0 Å². The Hall–Kier alpha value is -9.26. The molecule has 12 aromatic carbocycles. The summed E-state index contributed by atoms with van der Waals surface area (Å²) < 4.78 is 25.5. The maximum Gasteiger partial charge on any atom is 0.338 e. The van der Waals surface area contributed by atoms with Gasteiger partial charge in [0.15, 0.2) is 0 Å². The maximum absolute atomic E-state index is 13.3. The Morgan fingerprint density at radius 2 is 0.671 bits per heavy atom. The first-order valence-electron chi connectivity index (χ1n) is 23.1. The Kier molecular flexibility index (Phi) is 10.5. The molecule has 6 nitrogen and oxygen atoms in total. The van der Waals surface area contributed by atoms with E-state index in [0.717, 1.165) is 87.2 Å². The standard InChI is InChI=1S/C64H42O6/c1-67-63(65)53-34-37-55(47-27-11-9-25-45(47)53)69-57-36-33-41-19-5-8-24-44(41)59(57)61-52-30-14-13-29-51(52)58(49-31-15-20-39-17-3-6-22-42(39)49)60(50-32-16-21-40-18-4-7-23-43(40)50)62(61)70-56-38-35-54(64(66)68-2)46-26-10-12-28-48(46)56/h3-38H,1-2H3. The quantitative estimate of drug-likeness (QED) is 0.134. The molecular weight excluding hydrogens is 865 g/mol. The molecule has 0 amide bonds. The summed E-state index contributed by atoms with van der Waals surface area (Å²) in [6.07, 6.45) is 0. The third-order valence-electron chi connectivity index (χ3n) is 13.4. The van der Waals surface area contributed by atoms with Gasteiger partial charge in [0.25, 0.3) is 0 Å². The molecule has 12 aromatic rings. The molecule has 0 unspecified atom stereocenters. The number of ether oxygens (including phenoxy) is 4. The van der Waals surface area contributed by atoms with Crippen LogP contribution in [-0.2, 0) is 9.47 Å². The number of fused-ring (bicyclic) bond motifs is 6. The van der Waals surface area contributed by atoms with Crippen LogP contribution in [0.3, 0.4) is 0 Å². The Labute approximate surface area is 403 Å². The van der Waals surface area contributed by atoms with E-state index in [9.17, 15) is 9.59 Å². The zero-order valence-electron chi connectivity index (χ0n) is 38.2. The molecule has 334 valence electrons. The van der Waals surface area contributed by atoms with E-state index in [2.05, 4.69) is 127 Å². The van der Waals surface area contributed by atoms with E-state index in [4.69, 9.17) is 18.9 Å². The number of hydrogen-bond acceptors (Lipinski definition) is 6. The van der Waals surface area contributed by atoms with Crippen LogP contribution >= 0.6 is 0 Å². The summed E-state index contributed by atoms with van der Waals surface area (Å²) in [6, 6.07) is 73.6. The lowest BCUT2D eigenvalue weighted by Gasteiger charge is -2.27. The van der Waals surface area contributed by atoms with E-state index < -0.39 is 11.9 Å². The highest BCUT2D eigenvalue weighted by atomic mass is 16.5. The van der Waals surface area contributed by atoms with Gasteiger partial charge in [-0.3, -0.25) is 0 Å². The van der Waals surface area contributed by atoms with Crippen LogP contribution < -0.4 is 9.47 Å². The number of hydrogen-bond donors (Lipinski definition) is 0. The lowest BCUT2D eigenvalue weighted by Crippen LogP contribution is -2.04. The van der Waals surface area contributed by atoms with E-state index in [1.807, 2.05) is 78.9 Å². The van der Waals surface area contributed by atoms with Crippen molar-refractivity contribution in [1.82, 2.24) is 0 Å². The first-order chi connectivity index (χ1) is 34.5. The Morgan fingerprint density at radius 1 is 0.286 bits per heavy atom. The van der Waals surface area contributed by atoms with Crippen molar-refractivity contribution in [2.45, 2.75) is 0 Å². The number of methoxy groups -OCH3 is 2. The number of rotatable bonds is 9. The highest BCUT2D eigenvalue weighted by Gasteiger charge is 2.30. The fourth-order valence-electron chi connectivity index (χ4n) is 10.3. The van der Waals surface area contributed by atoms with Gasteiger partial charge in [0.2, 0.25) is 0 Å². The van der Waals surface area contributed by atoms with Crippen molar-refractivity contribution >= 4 is 76.6 Å². The minimum atomic E-state index is -0.437. The second kappa shape index (κ2) is 17.4. The van der Waals surface area contributed by atoms with Crippen LogP contribution in [0.25, 0.3) is 98.0 Å². The molecule has 0 aliphatic rings. The van der Waals surface area contributed by atoms with Crippen molar-refractivity contribution in [3.05, 3.63) is 230 Å². The van der Waals surface area contributed by atoms with Crippen LogP contribution in [0.1, 0.15) is 20.7 Å². The van der Waals surface area contributed by atoms with Gasteiger partial charge >= 0.3 is 11.9 Å². The van der Waals surface area contributed by atoms with Crippen molar-refractivity contribution in [2.24, 2.45) is 0 Å². The van der Waals surface area contributed by atoms with Gasteiger partial charge in [0.1, 0.15) is 23.0 Å². The van der Waals surface area contributed by atoms with E-state index in [1.165, 1.54) is 14.2 Å². The van der Waals surface area contributed by atoms with E-state index in [-0.39, 0.29) is 0 Å². The SMILES string of the molecule is COC(=O)c1ccc(Oc2ccc3ccccc3c2-c2c(Oc3ccc(C(=O)OC)c4ccccc34)c(-c3cccc4ccccc34)c(-c3cccc4ccccc34)c3ccccc23)c2ccccc12. The van der Waals surface area contributed by atoms with Crippen LogP contribution in [0.5, 0.6) is 23.0 Å². The molecule has 70 heavy (non-hydrogen) atoms. The fourth-order valence-corrected chi connectivity index (χ4v) is 10.3. The minimum absolute atomic E-state index is 0.429. The molecule has 0 radical (unpaired) electrons. The van der Waals surface area contributed by atoms with Crippen molar-refractivity contribution in [3.8, 4) is 56.4 Å². The molecule has 0 saturated heterocycles. The fraction of sp³-hybridized carbons (Fsp3) is 0.0312. The number of benzene rings is 12. The van der Waals surface area contributed by atoms with E-state index >= 15 is 0 Å². The molecule has 0 saturated carbocycles. The van der Waals surface area contributed by atoms with Crippen molar-refractivity contribution in [1.29, 1.82) is 0 Å². The number of carbonyl (C=O) groups excluding carboxylic acids is 2. The highest BCUT2D eigenvalue weighted by Crippen LogP contribution is 2.57. The van der Waals surface area contributed by atoms with E-state index in [1.54, 1.807) is 12.1 Å². The molecule has 0 atom stereocenters. The van der Waals surface area contributed by atoms with Gasteiger partial charge in [0.05, 0.1) is 25.3 Å². The molecule has 0 heterocycles. The summed E-state index contributed by atoms with van der Waals surface area (Å²) in [5.74, 6) is 1.43. The van der Waals surface area contributed by atoms with Crippen LogP contribution in [0.4, 0.5) is 0 Å². The predicted molar refractivity (Wildman–Crippen MR) is 283 cm³/mol. The number of esters is 2. The van der Waals surface area contributed by atoms with Gasteiger partial charge in [-0.25, -0.2) is 9.59 Å². The summed E-state index contributed by atoms with van der Waals surface area (Å²) in [7, 11) is 2.79. The Balaban J connectivity index is 1.27. The van der Waals surface area contributed by atoms with Crippen LogP contribution in [-0.4, -0.2) is 26.2 Å². The molecule has 0 aromatic heterocycles. The average Bonchev–Trinajstić information content (AvgIpc) is 3.42. The monoisotopic (exact) mass is 906 g/mol. The van der Waals surface area contributed by atoms with Gasteiger partial charge in [-0.1, -0.05) is 188 Å². The summed E-state index contributed by atoms with van der Waals surface area (Å²) in [6.45, 7) is 0. The van der Waals surface area contributed by atoms with Gasteiger partial charge in [-0.2, -0.15) is 0 Å². The molecule has 0 N–H and O–H groups in total. The van der Waals surface area contributed by atoms with Crippen LogP contribution in [0.2, 0.25) is 0 Å². The second-order valence-electron chi connectivity index (χ2n) is 17.2. The van der Waals surface area contributed by atoms with Crippen LogP contribution in [0, 0.1) is 0 Å². The molecule has 0 aliphatic carbocycles. The maximum atomic E-state index is 13.3. The first-order valence-corrected chi connectivity index (χ1v) is 23.1. The largest absolute Gasteiger partial charge is 0.465 e. The molecule has 6 heteroatoms. The normalized spacial score (nSPS) is 11.4. The smallest absolute Gasteiger partial charge is 0.338 e. The van der Waals surface area contributed by atoms with Crippen molar-refractivity contribution in [2.75, 3.05) is 14.2 Å². The van der Waals surface area contributed by atoms with Crippen molar-refractivity contribution < 1.29 is 28.5 Å². The van der Waals surface area contributed by atoms with E-state index in [0.29, 0.717) is 44.9 Å². The summed E-state index contributed by atoms with van der Waals surface area (Å²) in [4.78, 5) is 26.4. The Morgan fingerprint density at radius 3 is 1.20 bits per heavy atom. The number of carbonyl (C=O) groups is 2. The van der Waals surface area contributed by atoms with Gasteiger partial charge < -0.3 is 18.9 Å². The molecule has 0 aliphatic heterocycles. The van der Waals surface area contributed by atoms with Gasteiger partial charge in [-0.05, 0) is 95.3 Å². The van der Waals surface area contributed by atoms with Crippen molar-refractivity contribution in [3.63, 3.8) is 0 Å². The molecular formula is C64H42O6. The molecule has 0 fully saturated rings. The average molecular weight is 907 g/mol. The molecule has 0 spiro atoms. The lowest BCUT2D eigenvalue weighted by molar-refractivity contribution is 0.0594.